The lowest BCUT2D eigenvalue weighted by Crippen LogP contribution is -2.34. The average molecular weight is 312 g/mol. The molecule has 0 radical (unpaired) electrons. The average Bonchev–Trinajstić information content (AvgIpc) is 2.51. The minimum atomic E-state index is -0.618. The van der Waals surface area contributed by atoms with E-state index in [1.165, 1.54) is 0 Å². The van der Waals surface area contributed by atoms with Crippen molar-refractivity contribution in [3.63, 3.8) is 0 Å². The minimum Gasteiger partial charge on any atom is -0.481 e. The van der Waals surface area contributed by atoms with Crippen LogP contribution in [0.1, 0.15) is 34.6 Å². The molecule has 1 unspecified atom stereocenters. The fourth-order valence-corrected chi connectivity index (χ4v) is 1.90. The zero-order valence-electron chi connectivity index (χ0n) is 14.4. The van der Waals surface area contributed by atoms with Crippen LogP contribution in [-0.4, -0.2) is 17.7 Å². The monoisotopic (exact) mass is 312 g/mol. The maximum atomic E-state index is 12.1. The highest BCUT2D eigenvalue weighted by molar-refractivity contribution is 5.89. The van der Waals surface area contributed by atoms with Crippen molar-refractivity contribution in [3.8, 4) is 5.75 Å². The van der Waals surface area contributed by atoms with Crippen molar-refractivity contribution in [2.45, 2.75) is 40.7 Å². The van der Waals surface area contributed by atoms with E-state index in [-0.39, 0.29) is 11.3 Å². The predicted molar refractivity (Wildman–Crippen MR) is 94.7 cm³/mol. The summed E-state index contributed by atoms with van der Waals surface area (Å²) in [5.41, 5.74) is 3.36. The molecule has 0 saturated carbocycles. The summed E-state index contributed by atoms with van der Waals surface area (Å²) in [7, 11) is 0. The van der Waals surface area contributed by atoms with Crippen molar-refractivity contribution in [2.75, 3.05) is 0 Å². The molecular weight excluding hydrogens is 288 g/mol. The van der Waals surface area contributed by atoms with Gasteiger partial charge in [-0.2, -0.15) is 5.10 Å². The Kier molecular flexibility index (Phi) is 5.04. The quantitative estimate of drug-likeness (QED) is 0.681. The van der Waals surface area contributed by atoms with Crippen LogP contribution in [0.25, 0.3) is 10.8 Å². The fourth-order valence-electron chi connectivity index (χ4n) is 1.90. The van der Waals surface area contributed by atoms with Gasteiger partial charge in [-0.3, -0.25) is 4.79 Å². The predicted octanol–water partition coefficient (Wildman–Crippen LogP) is 4.15. The SMILES string of the molecule is C/C(=N\NC(=O)C(C)Oc1ccc2ccccc2c1)C(C)(C)C. The fraction of sp³-hybridized carbons (Fsp3) is 0.368. The van der Waals surface area contributed by atoms with Gasteiger partial charge in [0.15, 0.2) is 6.10 Å². The van der Waals surface area contributed by atoms with Crippen LogP contribution in [0, 0.1) is 5.41 Å². The molecule has 0 fully saturated rings. The lowest BCUT2D eigenvalue weighted by Gasteiger charge is -2.18. The van der Waals surface area contributed by atoms with E-state index in [4.69, 9.17) is 4.74 Å². The number of fused-ring (bicyclic) bond motifs is 1. The maximum Gasteiger partial charge on any atom is 0.280 e. The Balaban J connectivity index is 2.02. The van der Waals surface area contributed by atoms with Crippen LogP contribution in [0.2, 0.25) is 0 Å². The number of benzene rings is 2. The molecule has 0 aliphatic heterocycles. The van der Waals surface area contributed by atoms with Crippen molar-refractivity contribution in [2.24, 2.45) is 10.5 Å². The van der Waals surface area contributed by atoms with Crippen LogP contribution in [-0.2, 0) is 4.79 Å². The van der Waals surface area contributed by atoms with Crippen LogP contribution >= 0.6 is 0 Å². The van der Waals surface area contributed by atoms with Crippen LogP contribution in [0.3, 0.4) is 0 Å². The van der Waals surface area contributed by atoms with Crippen LogP contribution in [0.5, 0.6) is 5.75 Å². The Hall–Kier alpha value is -2.36. The highest BCUT2D eigenvalue weighted by Gasteiger charge is 2.17. The van der Waals surface area contributed by atoms with Crippen LogP contribution < -0.4 is 10.2 Å². The summed E-state index contributed by atoms with van der Waals surface area (Å²) in [6.45, 7) is 9.76. The van der Waals surface area contributed by atoms with Crippen LogP contribution in [0.4, 0.5) is 0 Å². The number of nitrogens with one attached hydrogen (secondary N) is 1. The van der Waals surface area contributed by atoms with E-state index in [1.807, 2.05) is 70.2 Å². The second kappa shape index (κ2) is 6.82. The molecule has 4 heteroatoms. The molecule has 0 saturated heterocycles. The van der Waals surface area contributed by atoms with Crippen LogP contribution in [0.15, 0.2) is 47.6 Å². The van der Waals surface area contributed by atoms with Gasteiger partial charge in [0.05, 0.1) is 0 Å². The Morgan fingerprint density at radius 2 is 1.78 bits per heavy atom. The summed E-state index contributed by atoms with van der Waals surface area (Å²) in [5, 5.41) is 6.37. The summed E-state index contributed by atoms with van der Waals surface area (Å²) >= 11 is 0. The van der Waals surface area contributed by atoms with Gasteiger partial charge in [-0.05, 0) is 36.8 Å². The first-order chi connectivity index (χ1) is 10.8. The first-order valence-electron chi connectivity index (χ1n) is 7.77. The number of hydrazone groups is 1. The van der Waals surface area contributed by atoms with Crippen molar-refractivity contribution in [1.82, 2.24) is 5.43 Å². The molecule has 4 nitrogen and oxygen atoms in total. The standard InChI is InChI=1S/C19H24N2O2/c1-13(18(22)21-20-14(2)19(3,4)5)23-17-11-10-15-8-6-7-9-16(15)12-17/h6-13H,1-5H3,(H,21,22)/b20-14+. The van der Waals surface area contributed by atoms with Gasteiger partial charge < -0.3 is 4.74 Å². The second-order valence-corrected chi connectivity index (χ2v) is 6.69. The smallest absolute Gasteiger partial charge is 0.280 e. The molecule has 0 aromatic heterocycles. The molecule has 0 aliphatic rings. The number of hydrogen-bond acceptors (Lipinski definition) is 3. The number of rotatable bonds is 4. The molecule has 2 aromatic rings. The number of carbonyl (C=O) groups excluding carboxylic acids is 1. The zero-order chi connectivity index (χ0) is 17.0. The van der Waals surface area contributed by atoms with Gasteiger partial charge >= 0.3 is 0 Å². The molecule has 0 bridgehead atoms. The zero-order valence-corrected chi connectivity index (χ0v) is 14.4. The van der Waals surface area contributed by atoms with Gasteiger partial charge in [-0.25, -0.2) is 5.43 Å². The van der Waals surface area contributed by atoms with E-state index in [1.54, 1.807) is 6.92 Å². The van der Waals surface area contributed by atoms with Crippen molar-refractivity contribution >= 4 is 22.4 Å². The topological polar surface area (TPSA) is 50.7 Å². The lowest BCUT2D eigenvalue weighted by molar-refractivity contribution is -0.127. The molecule has 2 aromatic carbocycles. The van der Waals surface area contributed by atoms with E-state index >= 15 is 0 Å². The molecule has 0 aliphatic carbocycles. The third-order valence-corrected chi connectivity index (χ3v) is 3.82. The minimum absolute atomic E-state index is 0.0737. The van der Waals surface area contributed by atoms with Gasteiger partial charge in [0, 0.05) is 11.1 Å². The summed E-state index contributed by atoms with van der Waals surface area (Å²) < 4.78 is 5.72. The van der Waals surface area contributed by atoms with Crippen molar-refractivity contribution < 1.29 is 9.53 Å². The van der Waals surface area contributed by atoms with Crippen molar-refractivity contribution in [3.05, 3.63) is 42.5 Å². The highest BCUT2D eigenvalue weighted by Crippen LogP contribution is 2.21. The van der Waals surface area contributed by atoms with E-state index in [2.05, 4.69) is 10.5 Å². The highest BCUT2D eigenvalue weighted by atomic mass is 16.5. The molecule has 2 rings (SSSR count). The van der Waals surface area contributed by atoms with E-state index in [0.717, 1.165) is 16.5 Å². The molecule has 23 heavy (non-hydrogen) atoms. The molecule has 1 atom stereocenters. The number of nitrogens with zero attached hydrogens (tertiary/aromatic N) is 1. The number of amides is 1. The van der Waals surface area contributed by atoms with Gasteiger partial charge in [-0.15, -0.1) is 0 Å². The van der Waals surface area contributed by atoms with E-state index in [9.17, 15) is 4.79 Å². The Morgan fingerprint density at radius 3 is 2.43 bits per heavy atom. The van der Waals surface area contributed by atoms with Gasteiger partial charge in [0.2, 0.25) is 0 Å². The lowest BCUT2D eigenvalue weighted by atomic mass is 9.91. The Bertz CT molecular complexity index is 729. The van der Waals surface area contributed by atoms with Gasteiger partial charge in [-0.1, -0.05) is 51.1 Å². The first-order valence-corrected chi connectivity index (χ1v) is 7.77. The third kappa shape index (κ3) is 4.55. The molecule has 0 heterocycles. The second-order valence-electron chi connectivity index (χ2n) is 6.69. The molecular formula is C19H24N2O2. The van der Waals surface area contributed by atoms with E-state index in [0.29, 0.717) is 5.75 Å². The van der Waals surface area contributed by atoms with Crippen molar-refractivity contribution in [1.29, 1.82) is 0 Å². The summed E-state index contributed by atoms with van der Waals surface area (Å²) in [6.07, 6.45) is -0.618. The van der Waals surface area contributed by atoms with Gasteiger partial charge in [0.25, 0.3) is 5.91 Å². The summed E-state index contributed by atoms with van der Waals surface area (Å²) in [5.74, 6) is 0.407. The molecule has 1 amide bonds. The number of carbonyl (C=O) groups is 1. The Morgan fingerprint density at radius 1 is 1.13 bits per heavy atom. The maximum absolute atomic E-state index is 12.1. The normalized spacial score (nSPS) is 13.7. The molecule has 0 spiro atoms. The number of ether oxygens (including phenoxy) is 1. The Labute approximate surface area is 137 Å². The van der Waals surface area contributed by atoms with E-state index < -0.39 is 6.10 Å². The molecule has 122 valence electrons. The summed E-state index contributed by atoms with van der Waals surface area (Å²) in [4.78, 5) is 12.1. The number of hydrogen-bond donors (Lipinski definition) is 1. The summed E-state index contributed by atoms with van der Waals surface area (Å²) in [6, 6.07) is 13.8. The molecule has 1 N–H and O–H groups in total. The van der Waals surface area contributed by atoms with Gasteiger partial charge in [0.1, 0.15) is 5.75 Å². The largest absolute Gasteiger partial charge is 0.481 e. The first kappa shape index (κ1) is 17.0. The third-order valence-electron chi connectivity index (χ3n) is 3.82.